The predicted octanol–water partition coefficient (Wildman–Crippen LogP) is 1.68. The highest BCUT2D eigenvalue weighted by Crippen LogP contribution is 2.21. The molecule has 5 heteroatoms. The van der Waals surface area contributed by atoms with Crippen LogP contribution >= 0.6 is 11.6 Å². The summed E-state index contributed by atoms with van der Waals surface area (Å²) in [6, 6.07) is 3.21. The summed E-state index contributed by atoms with van der Waals surface area (Å²) < 4.78 is 5.26. The zero-order valence-electron chi connectivity index (χ0n) is 8.33. The summed E-state index contributed by atoms with van der Waals surface area (Å²) in [6.45, 7) is 1.80. The number of amides is 1. The van der Waals surface area contributed by atoms with Gasteiger partial charge < -0.3 is 10.2 Å². The fraction of sp³-hybridized carbons (Fsp3) is 0.400. The number of rotatable bonds is 5. The van der Waals surface area contributed by atoms with Gasteiger partial charge in [-0.1, -0.05) is 6.92 Å². The van der Waals surface area contributed by atoms with E-state index in [2.05, 4.69) is 0 Å². The van der Waals surface area contributed by atoms with E-state index in [1.165, 1.54) is 0 Å². The summed E-state index contributed by atoms with van der Waals surface area (Å²) in [7, 11) is 0. The molecule has 0 aliphatic heterocycles. The molecule has 0 radical (unpaired) electrons. The monoisotopic (exact) mass is 229 g/mol. The van der Waals surface area contributed by atoms with E-state index in [0.29, 0.717) is 5.76 Å². The molecule has 0 saturated heterocycles. The molecule has 1 heterocycles. The number of furan rings is 1. The van der Waals surface area contributed by atoms with Gasteiger partial charge in [-0.25, -0.2) is 0 Å². The van der Waals surface area contributed by atoms with E-state index in [4.69, 9.17) is 21.8 Å². The molecule has 1 aromatic heterocycles. The highest BCUT2D eigenvalue weighted by Gasteiger charge is 2.15. The first-order chi connectivity index (χ1) is 7.04. The Morgan fingerprint density at radius 3 is 2.73 bits per heavy atom. The number of nitrogens with two attached hydrogens (primary N) is 1. The SMILES string of the molecule is CC(CC(N)=O)c1ccc(C(=O)CCl)o1. The summed E-state index contributed by atoms with van der Waals surface area (Å²) >= 11 is 5.38. The number of carbonyl (C=O) groups is 2. The number of halogens is 1. The Bertz CT molecular complexity index is 372. The molecule has 1 unspecified atom stereocenters. The Morgan fingerprint density at radius 2 is 2.20 bits per heavy atom. The summed E-state index contributed by atoms with van der Waals surface area (Å²) in [6.07, 6.45) is 0.196. The lowest BCUT2D eigenvalue weighted by atomic mass is 10.1. The molecular formula is C10H12ClNO3. The lowest BCUT2D eigenvalue weighted by molar-refractivity contribution is -0.118. The second kappa shape index (κ2) is 4.98. The molecule has 0 saturated carbocycles. The first-order valence-electron chi connectivity index (χ1n) is 4.51. The molecule has 1 aromatic rings. The van der Waals surface area contributed by atoms with Crippen molar-refractivity contribution in [1.29, 1.82) is 0 Å². The lowest BCUT2D eigenvalue weighted by Gasteiger charge is -2.04. The first-order valence-corrected chi connectivity index (χ1v) is 5.05. The van der Waals surface area contributed by atoms with Crippen molar-refractivity contribution in [1.82, 2.24) is 0 Å². The molecule has 2 N–H and O–H groups in total. The van der Waals surface area contributed by atoms with Crippen LogP contribution in [0.3, 0.4) is 0 Å². The van der Waals surface area contributed by atoms with Gasteiger partial charge in [0, 0.05) is 12.3 Å². The van der Waals surface area contributed by atoms with Gasteiger partial charge in [-0.05, 0) is 12.1 Å². The fourth-order valence-corrected chi connectivity index (χ4v) is 1.37. The van der Waals surface area contributed by atoms with Crippen LogP contribution in [0, 0.1) is 0 Å². The van der Waals surface area contributed by atoms with E-state index in [1.54, 1.807) is 19.1 Å². The number of ketones is 1. The van der Waals surface area contributed by atoms with Crippen molar-refractivity contribution in [2.75, 3.05) is 5.88 Å². The van der Waals surface area contributed by atoms with Crippen LogP contribution in [0.5, 0.6) is 0 Å². The molecule has 15 heavy (non-hydrogen) atoms. The maximum atomic E-state index is 11.2. The molecule has 4 nitrogen and oxygen atoms in total. The van der Waals surface area contributed by atoms with E-state index in [0.717, 1.165) is 0 Å². The lowest BCUT2D eigenvalue weighted by Crippen LogP contribution is -2.13. The molecule has 0 aromatic carbocycles. The second-order valence-corrected chi connectivity index (χ2v) is 3.60. The van der Waals surface area contributed by atoms with E-state index in [1.807, 2.05) is 0 Å². The number of carbonyl (C=O) groups excluding carboxylic acids is 2. The molecule has 1 atom stereocenters. The smallest absolute Gasteiger partial charge is 0.218 e. The van der Waals surface area contributed by atoms with Gasteiger partial charge >= 0.3 is 0 Å². The molecule has 0 aliphatic rings. The van der Waals surface area contributed by atoms with Crippen molar-refractivity contribution in [3.05, 3.63) is 23.7 Å². The third-order valence-electron chi connectivity index (χ3n) is 2.02. The maximum Gasteiger partial charge on any atom is 0.218 e. The van der Waals surface area contributed by atoms with Gasteiger partial charge in [-0.2, -0.15) is 0 Å². The minimum absolute atomic E-state index is 0.114. The average Bonchev–Trinajstić information content (AvgIpc) is 2.64. The van der Waals surface area contributed by atoms with E-state index < -0.39 is 5.91 Å². The van der Waals surface area contributed by atoms with Crippen molar-refractivity contribution < 1.29 is 14.0 Å². The molecular weight excluding hydrogens is 218 g/mol. The highest BCUT2D eigenvalue weighted by molar-refractivity contribution is 6.30. The van der Waals surface area contributed by atoms with E-state index in [-0.39, 0.29) is 29.8 Å². The van der Waals surface area contributed by atoms with Gasteiger partial charge in [0.1, 0.15) is 5.76 Å². The van der Waals surface area contributed by atoms with Gasteiger partial charge in [0.15, 0.2) is 5.76 Å². The molecule has 0 spiro atoms. The standard InChI is InChI=1S/C10H12ClNO3/c1-6(4-10(12)14)8-2-3-9(15-8)7(13)5-11/h2-3,6H,4-5H2,1H3,(H2,12,14). The summed E-state index contributed by atoms with van der Waals surface area (Å²) in [4.78, 5) is 21.8. The van der Waals surface area contributed by atoms with Gasteiger partial charge in [0.05, 0.1) is 5.88 Å². The Labute approximate surface area is 92.4 Å². The summed E-state index contributed by atoms with van der Waals surface area (Å²) in [5.41, 5.74) is 5.05. The quantitative estimate of drug-likeness (QED) is 0.617. The van der Waals surface area contributed by atoms with Crippen LogP contribution in [0.25, 0.3) is 0 Å². The van der Waals surface area contributed by atoms with Crippen LogP contribution in [0.2, 0.25) is 0 Å². The van der Waals surface area contributed by atoms with Crippen molar-refractivity contribution in [3.8, 4) is 0 Å². The van der Waals surface area contributed by atoms with Gasteiger partial charge in [0.25, 0.3) is 0 Å². The van der Waals surface area contributed by atoms with Crippen LogP contribution in [0.15, 0.2) is 16.5 Å². The predicted molar refractivity (Wildman–Crippen MR) is 56.0 cm³/mol. The van der Waals surface area contributed by atoms with E-state index >= 15 is 0 Å². The van der Waals surface area contributed by atoms with Crippen LogP contribution < -0.4 is 5.73 Å². The Balaban J connectivity index is 2.75. The topological polar surface area (TPSA) is 73.3 Å². The minimum Gasteiger partial charge on any atom is -0.458 e. The Hall–Kier alpha value is -1.29. The zero-order valence-corrected chi connectivity index (χ0v) is 9.08. The van der Waals surface area contributed by atoms with Crippen molar-refractivity contribution in [3.63, 3.8) is 0 Å². The highest BCUT2D eigenvalue weighted by atomic mass is 35.5. The first kappa shape index (κ1) is 11.8. The van der Waals surface area contributed by atoms with Gasteiger partial charge in [0.2, 0.25) is 11.7 Å². The largest absolute Gasteiger partial charge is 0.458 e. The van der Waals surface area contributed by atoms with Crippen LogP contribution in [0.1, 0.15) is 35.6 Å². The van der Waals surface area contributed by atoms with E-state index in [9.17, 15) is 9.59 Å². The number of Topliss-reactive ketones (excluding diaryl/α,β-unsaturated/α-hetero) is 1. The number of primary amides is 1. The van der Waals surface area contributed by atoms with Crippen LogP contribution in [-0.2, 0) is 4.79 Å². The summed E-state index contributed by atoms with van der Waals surface area (Å²) in [5.74, 6) is -0.117. The maximum absolute atomic E-state index is 11.2. The molecule has 0 fully saturated rings. The second-order valence-electron chi connectivity index (χ2n) is 3.33. The van der Waals surface area contributed by atoms with Gasteiger partial charge in [-0.3, -0.25) is 9.59 Å². The molecule has 0 aliphatic carbocycles. The summed E-state index contributed by atoms with van der Waals surface area (Å²) in [5, 5.41) is 0. The van der Waals surface area contributed by atoms with Crippen LogP contribution in [0.4, 0.5) is 0 Å². The van der Waals surface area contributed by atoms with Crippen molar-refractivity contribution in [2.24, 2.45) is 5.73 Å². The third kappa shape index (κ3) is 3.09. The molecule has 1 rings (SSSR count). The van der Waals surface area contributed by atoms with Gasteiger partial charge in [-0.15, -0.1) is 11.6 Å². The van der Waals surface area contributed by atoms with Crippen LogP contribution in [-0.4, -0.2) is 17.6 Å². The van der Waals surface area contributed by atoms with Crippen molar-refractivity contribution >= 4 is 23.3 Å². The fourth-order valence-electron chi connectivity index (χ4n) is 1.24. The Morgan fingerprint density at radius 1 is 1.53 bits per heavy atom. The molecule has 1 amide bonds. The molecule has 82 valence electrons. The average molecular weight is 230 g/mol. The number of hydrogen-bond acceptors (Lipinski definition) is 3. The number of alkyl halides is 1. The normalized spacial score (nSPS) is 12.4. The third-order valence-corrected chi connectivity index (χ3v) is 2.26. The molecule has 0 bridgehead atoms. The number of hydrogen-bond donors (Lipinski definition) is 1. The minimum atomic E-state index is -0.399. The zero-order chi connectivity index (χ0) is 11.4. The van der Waals surface area contributed by atoms with Crippen molar-refractivity contribution in [2.45, 2.75) is 19.3 Å². The Kier molecular flexibility index (Phi) is 3.91.